The maximum Gasteiger partial charge on any atom is 0.374 e. The number of pyridine rings is 1. The molecular weight excluding hydrogens is 239 g/mol. The smallest absolute Gasteiger partial charge is 0.320 e. The Kier molecular flexibility index (Phi) is 3.36. The summed E-state index contributed by atoms with van der Waals surface area (Å²) < 4.78 is 11.2. The van der Waals surface area contributed by atoms with Crippen molar-refractivity contribution < 1.29 is 14.4 Å². The fourth-order valence-electron chi connectivity index (χ4n) is 2.01. The minimum Gasteiger partial charge on any atom is -0.320 e. The molecule has 0 bridgehead atoms. The zero-order valence-electron chi connectivity index (χ0n) is 9.92. The van der Waals surface area contributed by atoms with Crippen molar-refractivity contribution in [3.63, 3.8) is 0 Å². The van der Waals surface area contributed by atoms with Crippen molar-refractivity contribution >= 4 is 13.0 Å². The lowest BCUT2D eigenvalue weighted by Crippen LogP contribution is -2.40. The van der Waals surface area contributed by atoms with Crippen LogP contribution in [0.15, 0.2) is 12.1 Å². The molecule has 0 saturated carbocycles. The van der Waals surface area contributed by atoms with Gasteiger partial charge in [0.1, 0.15) is 0 Å². The molecule has 0 spiro atoms. The van der Waals surface area contributed by atoms with Gasteiger partial charge in [0.05, 0.1) is 0 Å². The lowest BCUT2D eigenvalue weighted by atomic mass is 9.93. The van der Waals surface area contributed by atoms with Gasteiger partial charge in [-0.1, -0.05) is 19.9 Å². The first-order valence-electron chi connectivity index (χ1n) is 5.66. The molecule has 1 aromatic rings. The van der Waals surface area contributed by atoms with Crippen LogP contribution in [0.3, 0.4) is 0 Å². The quantitative estimate of drug-likeness (QED) is 0.673. The Morgan fingerprint density at radius 3 is 2.76 bits per heavy atom. The summed E-state index contributed by atoms with van der Waals surface area (Å²) in [5.74, 6) is 0.476. The minimum absolute atomic E-state index is 0.124. The molecule has 6 heteroatoms. The van der Waals surface area contributed by atoms with Crippen LogP contribution in [0.25, 0.3) is 0 Å². The van der Waals surface area contributed by atoms with E-state index in [4.69, 9.17) is 9.79 Å². The zero-order valence-corrected chi connectivity index (χ0v) is 10.8. The molecule has 2 rings (SSSR count). The number of nitrogens with one attached hydrogen (secondary N) is 1. The van der Waals surface area contributed by atoms with Crippen LogP contribution < -0.4 is 10.8 Å². The number of hydrogen-bond donors (Lipinski definition) is 3. The van der Waals surface area contributed by atoms with Gasteiger partial charge in [-0.3, -0.25) is 4.57 Å². The lowest BCUT2D eigenvalue weighted by Gasteiger charge is -2.28. The summed E-state index contributed by atoms with van der Waals surface area (Å²) >= 11 is 0. The summed E-state index contributed by atoms with van der Waals surface area (Å²) in [4.78, 5) is 22.3. The van der Waals surface area contributed by atoms with E-state index in [-0.39, 0.29) is 5.44 Å². The molecule has 94 valence electrons. The van der Waals surface area contributed by atoms with Crippen molar-refractivity contribution in [2.75, 3.05) is 0 Å². The van der Waals surface area contributed by atoms with Gasteiger partial charge in [-0.15, -0.1) is 0 Å². The van der Waals surface area contributed by atoms with Gasteiger partial charge in [0.2, 0.25) is 0 Å². The molecule has 1 atom stereocenters. The highest BCUT2D eigenvalue weighted by atomic mass is 31.2. The molecule has 0 fully saturated rings. The molecule has 1 aliphatic rings. The molecule has 0 aromatic carbocycles. The van der Waals surface area contributed by atoms with Gasteiger partial charge < -0.3 is 15.1 Å². The highest BCUT2D eigenvalue weighted by Crippen LogP contribution is 2.32. The van der Waals surface area contributed by atoms with Crippen LogP contribution in [0.2, 0.25) is 0 Å². The normalized spacial score (nSPS) is 20.4. The van der Waals surface area contributed by atoms with E-state index in [2.05, 4.69) is 24.1 Å². The van der Waals surface area contributed by atoms with Crippen LogP contribution in [0, 0.1) is 5.92 Å². The number of rotatable bonds is 2. The van der Waals surface area contributed by atoms with Gasteiger partial charge in [0.15, 0.2) is 5.44 Å². The third kappa shape index (κ3) is 2.75. The van der Waals surface area contributed by atoms with E-state index in [1.54, 1.807) is 6.07 Å². The van der Waals surface area contributed by atoms with E-state index in [1.807, 2.05) is 0 Å². The Morgan fingerprint density at radius 1 is 1.47 bits per heavy atom. The first-order valence-corrected chi connectivity index (χ1v) is 7.27. The zero-order chi connectivity index (χ0) is 12.6. The van der Waals surface area contributed by atoms with Crippen LogP contribution in [0.5, 0.6) is 0 Å². The third-order valence-corrected chi connectivity index (χ3v) is 3.97. The molecule has 17 heavy (non-hydrogen) atoms. The van der Waals surface area contributed by atoms with E-state index >= 15 is 0 Å². The second-order valence-electron chi connectivity index (χ2n) is 4.75. The molecular formula is C11H17N2O3P. The molecule has 3 N–H and O–H groups in total. The van der Waals surface area contributed by atoms with Gasteiger partial charge in [0, 0.05) is 24.7 Å². The fraction of sp³-hybridized carbons (Fsp3) is 0.545. The lowest BCUT2D eigenvalue weighted by molar-refractivity contribution is 0.371. The van der Waals surface area contributed by atoms with Gasteiger partial charge in [0.25, 0.3) is 0 Å². The molecule has 0 radical (unpaired) electrons. The number of fused-ring (bicyclic) bond motifs is 1. The van der Waals surface area contributed by atoms with Crippen molar-refractivity contribution in [1.82, 2.24) is 10.3 Å². The molecule has 1 aromatic heterocycles. The SMILES string of the molecule is CC(C)C1Cc2nc(P(=O)(O)O)ccc2CN1. The summed E-state index contributed by atoms with van der Waals surface area (Å²) in [6.45, 7) is 4.96. The summed E-state index contributed by atoms with van der Waals surface area (Å²) in [7, 11) is -4.24. The summed E-state index contributed by atoms with van der Waals surface area (Å²) in [6, 6.07) is 3.49. The Bertz CT molecular complexity index is 470. The summed E-state index contributed by atoms with van der Waals surface area (Å²) in [5.41, 5.74) is 1.71. The molecule has 0 amide bonds. The van der Waals surface area contributed by atoms with Crippen LogP contribution in [-0.4, -0.2) is 20.8 Å². The minimum atomic E-state index is -4.24. The van der Waals surface area contributed by atoms with Crippen molar-refractivity contribution in [3.05, 3.63) is 23.4 Å². The van der Waals surface area contributed by atoms with Gasteiger partial charge >= 0.3 is 7.60 Å². The first kappa shape index (κ1) is 12.7. The largest absolute Gasteiger partial charge is 0.374 e. The highest BCUT2D eigenvalue weighted by Gasteiger charge is 2.25. The fourth-order valence-corrected chi connectivity index (χ4v) is 2.53. The van der Waals surface area contributed by atoms with Crippen LogP contribution in [-0.2, 0) is 17.5 Å². The average Bonchev–Trinajstić information content (AvgIpc) is 2.26. The summed E-state index contributed by atoms with van der Waals surface area (Å²) in [6.07, 6.45) is 0.723. The Hall–Kier alpha value is -0.740. The molecule has 0 saturated heterocycles. The van der Waals surface area contributed by atoms with E-state index in [9.17, 15) is 4.57 Å². The number of nitrogens with zero attached hydrogens (tertiary/aromatic N) is 1. The maximum absolute atomic E-state index is 11.2. The van der Waals surface area contributed by atoms with Crippen molar-refractivity contribution in [2.45, 2.75) is 32.9 Å². The predicted octanol–water partition coefficient (Wildman–Crippen LogP) is 0.555. The predicted molar refractivity (Wildman–Crippen MR) is 65.1 cm³/mol. The van der Waals surface area contributed by atoms with E-state index in [0.29, 0.717) is 18.5 Å². The Balaban J connectivity index is 2.32. The molecule has 2 heterocycles. The molecule has 5 nitrogen and oxygen atoms in total. The number of hydrogen-bond acceptors (Lipinski definition) is 3. The maximum atomic E-state index is 11.2. The monoisotopic (exact) mass is 256 g/mol. The first-order chi connectivity index (χ1) is 7.88. The average molecular weight is 256 g/mol. The Labute approximate surface area is 100 Å². The molecule has 1 aliphatic heterocycles. The van der Waals surface area contributed by atoms with E-state index in [0.717, 1.165) is 17.7 Å². The van der Waals surface area contributed by atoms with Crippen molar-refractivity contribution in [1.29, 1.82) is 0 Å². The number of aromatic nitrogens is 1. The summed E-state index contributed by atoms with van der Waals surface area (Å²) in [5, 5.41) is 3.40. The standard InChI is InChI=1S/C11H17N2O3P/c1-7(2)9-5-10-8(6-12-9)3-4-11(13-10)17(14,15)16/h3-4,7,9,12H,5-6H2,1-2H3,(H2,14,15,16). The third-order valence-electron chi connectivity index (χ3n) is 3.12. The topological polar surface area (TPSA) is 82.5 Å². The molecule has 1 unspecified atom stereocenters. The van der Waals surface area contributed by atoms with E-state index in [1.165, 1.54) is 6.07 Å². The van der Waals surface area contributed by atoms with Crippen molar-refractivity contribution in [2.24, 2.45) is 5.92 Å². The highest BCUT2D eigenvalue weighted by molar-refractivity contribution is 7.60. The second-order valence-corrected chi connectivity index (χ2v) is 6.30. The van der Waals surface area contributed by atoms with Gasteiger partial charge in [-0.05, 0) is 17.5 Å². The molecule has 0 aliphatic carbocycles. The second kappa shape index (κ2) is 4.50. The van der Waals surface area contributed by atoms with Crippen LogP contribution >= 0.6 is 7.60 Å². The van der Waals surface area contributed by atoms with Crippen LogP contribution in [0.4, 0.5) is 0 Å². The van der Waals surface area contributed by atoms with Crippen LogP contribution in [0.1, 0.15) is 25.1 Å². The van der Waals surface area contributed by atoms with Gasteiger partial charge in [-0.2, -0.15) is 0 Å². The Morgan fingerprint density at radius 2 is 2.18 bits per heavy atom. The van der Waals surface area contributed by atoms with Gasteiger partial charge in [-0.25, -0.2) is 4.98 Å². The van der Waals surface area contributed by atoms with E-state index < -0.39 is 7.60 Å². The van der Waals surface area contributed by atoms with Crippen molar-refractivity contribution in [3.8, 4) is 0 Å².